The fraction of sp³-hybridized carbons (Fsp3) is 0.545. The summed E-state index contributed by atoms with van der Waals surface area (Å²) < 4.78 is 11.5. The van der Waals surface area contributed by atoms with Crippen molar-refractivity contribution >= 4 is 17.5 Å². The van der Waals surface area contributed by atoms with Crippen molar-refractivity contribution in [2.24, 2.45) is 5.73 Å². The van der Waals surface area contributed by atoms with Crippen molar-refractivity contribution in [3.63, 3.8) is 0 Å². The molecule has 1 saturated heterocycles. The van der Waals surface area contributed by atoms with Gasteiger partial charge in [-0.15, -0.1) is 0 Å². The molecule has 152 valence electrons. The molecule has 0 unspecified atom stereocenters. The number of ether oxygens (including phenoxy) is 2. The van der Waals surface area contributed by atoms with Crippen LogP contribution in [0.2, 0.25) is 0 Å². The van der Waals surface area contributed by atoms with E-state index in [-0.39, 0.29) is 11.8 Å². The van der Waals surface area contributed by atoms with Gasteiger partial charge in [0.05, 0.1) is 13.2 Å². The Morgan fingerprint density at radius 2 is 1.64 bits per heavy atom. The summed E-state index contributed by atoms with van der Waals surface area (Å²) in [5.74, 6) is 1.51. The minimum Gasteiger partial charge on any atom is -0.493 e. The minimum absolute atomic E-state index is 0.0602. The highest BCUT2D eigenvalue weighted by atomic mass is 16.5. The van der Waals surface area contributed by atoms with Gasteiger partial charge in [0.15, 0.2) is 11.5 Å². The fourth-order valence-electron chi connectivity index (χ4n) is 3.64. The standard InChI is InChI=1S/C17H23NO2.C5H7NO2/c1-19-15-10-9-13(17(18)12-5-4-6-12)11-16(15)20-14-7-2-3-8-14;1-6-4(7)2-3-5(6)8/h9-11,14H,2-8,18H2,1H3;2-3H2,1H3. The molecule has 4 rings (SSSR count). The van der Waals surface area contributed by atoms with Crippen LogP contribution in [0, 0.1) is 0 Å². The van der Waals surface area contributed by atoms with Gasteiger partial charge in [-0.3, -0.25) is 14.5 Å². The third-order valence-corrected chi connectivity index (χ3v) is 5.71. The molecule has 2 aliphatic carbocycles. The number of imide groups is 1. The molecule has 1 aromatic rings. The van der Waals surface area contributed by atoms with Gasteiger partial charge in [0.2, 0.25) is 11.8 Å². The Balaban J connectivity index is 0.000000236. The van der Waals surface area contributed by atoms with Crippen LogP contribution in [-0.4, -0.2) is 37.0 Å². The molecule has 0 radical (unpaired) electrons. The largest absolute Gasteiger partial charge is 0.493 e. The lowest BCUT2D eigenvalue weighted by Crippen LogP contribution is -2.23. The number of hydrogen-bond acceptors (Lipinski definition) is 5. The summed E-state index contributed by atoms with van der Waals surface area (Å²) in [7, 11) is 3.20. The molecule has 0 spiro atoms. The van der Waals surface area contributed by atoms with Crippen LogP contribution < -0.4 is 15.2 Å². The fourth-order valence-corrected chi connectivity index (χ4v) is 3.64. The van der Waals surface area contributed by atoms with Crippen LogP contribution in [-0.2, 0) is 9.59 Å². The first-order valence-electron chi connectivity index (χ1n) is 10.1. The van der Waals surface area contributed by atoms with Crippen LogP contribution in [0.5, 0.6) is 11.5 Å². The summed E-state index contributed by atoms with van der Waals surface area (Å²) in [6, 6.07) is 6.03. The zero-order valence-corrected chi connectivity index (χ0v) is 16.8. The number of rotatable bonds is 4. The molecule has 28 heavy (non-hydrogen) atoms. The van der Waals surface area contributed by atoms with E-state index in [0.717, 1.165) is 48.4 Å². The Bertz CT molecular complexity index is 744. The predicted octanol–water partition coefficient (Wildman–Crippen LogP) is 3.64. The number of carbonyl (C=O) groups is 2. The number of hydrogen-bond donors (Lipinski definition) is 1. The second kappa shape index (κ2) is 9.13. The lowest BCUT2D eigenvalue weighted by Gasteiger charge is -2.21. The molecule has 2 N–H and O–H groups in total. The average molecular weight is 386 g/mol. The van der Waals surface area contributed by atoms with E-state index in [0.29, 0.717) is 18.9 Å². The van der Waals surface area contributed by atoms with Gasteiger partial charge in [-0.1, -0.05) is 0 Å². The Morgan fingerprint density at radius 3 is 2.11 bits per heavy atom. The van der Waals surface area contributed by atoms with E-state index >= 15 is 0 Å². The molecule has 2 amide bonds. The van der Waals surface area contributed by atoms with Gasteiger partial charge in [-0.2, -0.15) is 0 Å². The summed E-state index contributed by atoms with van der Waals surface area (Å²) >= 11 is 0. The molecule has 0 atom stereocenters. The highest BCUT2D eigenvalue weighted by Gasteiger charge is 2.24. The van der Waals surface area contributed by atoms with E-state index in [9.17, 15) is 9.59 Å². The lowest BCUT2D eigenvalue weighted by atomic mass is 9.88. The van der Waals surface area contributed by atoms with E-state index in [4.69, 9.17) is 15.2 Å². The van der Waals surface area contributed by atoms with Gasteiger partial charge in [0.25, 0.3) is 0 Å². The number of carbonyl (C=O) groups excluding carboxylic acids is 2. The smallest absolute Gasteiger partial charge is 0.229 e. The van der Waals surface area contributed by atoms with Gasteiger partial charge < -0.3 is 15.2 Å². The van der Waals surface area contributed by atoms with E-state index in [1.54, 1.807) is 7.11 Å². The van der Waals surface area contributed by atoms with Crippen molar-refractivity contribution < 1.29 is 19.1 Å². The third kappa shape index (κ3) is 4.66. The van der Waals surface area contributed by atoms with Crippen molar-refractivity contribution in [2.75, 3.05) is 14.2 Å². The number of likely N-dealkylation sites (tertiary alicyclic amines) is 1. The zero-order chi connectivity index (χ0) is 20.1. The first-order chi connectivity index (χ1) is 13.5. The first-order valence-corrected chi connectivity index (χ1v) is 10.1. The number of nitrogens with two attached hydrogens (primary N) is 1. The van der Waals surface area contributed by atoms with Gasteiger partial charge in [0, 0.05) is 31.1 Å². The lowest BCUT2D eigenvalue weighted by molar-refractivity contribution is -0.136. The Morgan fingerprint density at radius 1 is 1.00 bits per heavy atom. The monoisotopic (exact) mass is 386 g/mol. The van der Waals surface area contributed by atoms with Gasteiger partial charge in [0.1, 0.15) is 0 Å². The van der Waals surface area contributed by atoms with E-state index in [2.05, 4.69) is 0 Å². The van der Waals surface area contributed by atoms with E-state index in [1.807, 2.05) is 18.2 Å². The third-order valence-electron chi connectivity index (χ3n) is 5.71. The van der Waals surface area contributed by atoms with Crippen molar-refractivity contribution in [3.8, 4) is 11.5 Å². The molecule has 1 aliphatic heterocycles. The van der Waals surface area contributed by atoms with Gasteiger partial charge >= 0.3 is 0 Å². The summed E-state index contributed by atoms with van der Waals surface area (Å²) in [5.41, 5.74) is 9.62. The Labute approximate surface area is 166 Å². The summed E-state index contributed by atoms with van der Waals surface area (Å²) in [5, 5.41) is 0. The SMILES string of the molecule is CN1C(=O)CCC1=O.COc1ccc(C(N)=C2CCC2)cc1OC1CCCC1. The number of allylic oxidation sites excluding steroid dienone is 1. The first kappa shape index (κ1) is 20.2. The van der Waals surface area contributed by atoms with Crippen LogP contribution in [0.4, 0.5) is 0 Å². The maximum Gasteiger partial charge on any atom is 0.229 e. The maximum atomic E-state index is 10.5. The molecule has 6 nitrogen and oxygen atoms in total. The van der Waals surface area contributed by atoms with E-state index < -0.39 is 0 Å². The molecular formula is C22H30N2O4. The summed E-state index contributed by atoms with van der Waals surface area (Å²) in [6.45, 7) is 0. The van der Waals surface area contributed by atoms with Gasteiger partial charge in [-0.05, 0) is 68.7 Å². The van der Waals surface area contributed by atoms with Crippen LogP contribution in [0.1, 0.15) is 63.4 Å². The summed E-state index contributed by atoms with van der Waals surface area (Å²) in [6.07, 6.45) is 9.47. The van der Waals surface area contributed by atoms with Crippen LogP contribution in [0.15, 0.2) is 23.8 Å². The Hall–Kier alpha value is -2.50. The second-order valence-corrected chi connectivity index (χ2v) is 7.61. The molecule has 1 aromatic carbocycles. The average Bonchev–Trinajstić information content (AvgIpc) is 3.26. The Kier molecular flexibility index (Phi) is 6.60. The summed E-state index contributed by atoms with van der Waals surface area (Å²) in [4.78, 5) is 22.1. The predicted molar refractivity (Wildman–Crippen MR) is 108 cm³/mol. The van der Waals surface area contributed by atoms with E-state index in [1.165, 1.54) is 36.8 Å². The van der Waals surface area contributed by atoms with Crippen molar-refractivity contribution in [1.82, 2.24) is 4.90 Å². The van der Waals surface area contributed by atoms with Crippen LogP contribution in [0.25, 0.3) is 5.70 Å². The highest BCUT2D eigenvalue weighted by molar-refractivity contribution is 6.01. The minimum atomic E-state index is -0.0602. The zero-order valence-electron chi connectivity index (χ0n) is 16.8. The number of nitrogens with zero attached hydrogens (tertiary/aromatic N) is 1. The number of benzene rings is 1. The molecule has 0 bridgehead atoms. The van der Waals surface area contributed by atoms with Crippen LogP contribution in [0.3, 0.4) is 0 Å². The second-order valence-electron chi connectivity index (χ2n) is 7.61. The topological polar surface area (TPSA) is 81.9 Å². The van der Waals surface area contributed by atoms with Crippen molar-refractivity contribution in [2.45, 2.75) is 63.9 Å². The number of methoxy groups -OCH3 is 1. The highest BCUT2D eigenvalue weighted by Crippen LogP contribution is 2.36. The number of amides is 2. The molecular weight excluding hydrogens is 356 g/mol. The van der Waals surface area contributed by atoms with Gasteiger partial charge in [-0.25, -0.2) is 0 Å². The quantitative estimate of drug-likeness (QED) is 0.799. The molecule has 3 aliphatic rings. The maximum absolute atomic E-state index is 10.5. The molecule has 6 heteroatoms. The van der Waals surface area contributed by atoms with Crippen molar-refractivity contribution in [1.29, 1.82) is 0 Å². The van der Waals surface area contributed by atoms with Crippen molar-refractivity contribution in [3.05, 3.63) is 29.3 Å². The molecule has 1 heterocycles. The normalized spacial score (nSPS) is 19.2. The molecule has 2 saturated carbocycles. The molecule has 0 aromatic heterocycles. The van der Waals surface area contributed by atoms with Crippen LogP contribution >= 0.6 is 0 Å². The molecule has 3 fully saturated rings.